The molecule has 6 heteroatoms. The Kier molecular flexibility index (Phi) is 8.89. The number of piperidine rings is 1. The molecule has 0 aromatic heterocycles. The topological polar surface area (TPSA) is 82.8 Å². The number of primary amides is 1. The van der Waals surface area contributed by atoms with Crippen molar-refractivity contribution in [1.29, 1.82) is 0 Å². The first kappa shape index (κ1) is 18.7. The van der Waals surface area contributed by atoms with E-state index in [1.54, 1.807) is 0 Å². The van der Waals surface area contributed by atoms with E-state index in [-0.39, 0.29) is 11.8 Å². The predicted molar refractivity (Wildman–Crippen MR) is 91.8 cm³/mol. The van der Waals surface area contributed by atoms with Crippen LogP contribution in [0, 0.1) is 5.92 Å². The number of nitrogens with one attached hydrogen (secondary N) is 2. The lowest BCUT2D eigenvalue weighted by Crippen LogP contribution is -2.41. The molecular weight excluding hydrogens is 278 g/mol. The van der Waals surface area contributed by atoms with Crippen molar-refractivity contribution in [2.45, 2.75) is 52.5 Å². The van der Waals surface area contributed by atoms with Gasteiger partial charge in [0.05, 0.1) is 0 Å². The Morgan fingerprint density at radius 2 is 2.00 bits per heavy atom. The summed E-state index contributed by atoms with van der Waals surface area (Å²) in [6, 6.07) is 0.393. The molecule has 0 aliphatic carbocycles. The van der Waals surface area contributed by atoms with Crippen LogP contribution in [0.4, 0.5) is 0 Å². The number of carbonyl (C=O) groups is 1. The van der Waals surface area contributed by atoms with E-state index in [4.69, 9.17) is 5.73 Å². The van der Waals surface area contributed by atoms with E-state index in [1.165, 1.54) is 0 Å². The molecule has 1 heterocycles. The molecule has 1 aliphatic rings. The van der Waals surface area contributed by atoms with Crippen LogP contribution in [0.15, 0.2) is 4.99 Å². The first-order valence-electron chi connectivity index (χ1n) is 8.59. The molecule has 0 spiro atoms. The summed E-state index contributed by atoms with van der Waals surface area (Å²) < 4.78 is 0. The molecule has 22 heavy (non-hydrogen) atoms. The van der Waals surface area contributed by atoms with Crippen LogP contribution >= 0.6 is 0 Å². The van der Waals surface area contributed by atoms with E-state index in [2.05, 4.69) is 41.3 Å². The lowest BCUT2D eigenvalue weighted by Gasteiger charge is -2.30. The molecular formula is C16H33N5O. The highest BCUT2D eigenvalue weighted by molar-refractivity contribution is 5.79. The number of aliphatic imine (C=N–C) groups is 1. The minimum absolute atomic E-state index is 0.0886. The zero-order valence-electron chi connectivity index (χ0n) is 14.4. The standard InChI is InChI=1S/C16H33N5O/c1-4-18-16(20-13(2)3)19-9-5-6-10-21-11-7-14(8-12-21)15(17)22/h13-14H,4-12H2,1-3H3,(H2,17,22)(H2,18,19,20). The summed E-state index contributed by atoms with van der Waals surface area (Å²) in [5, 5.41) is 6.58. The van der Waals surface area contributed by atoms with Gasteiger partial charge in [0.1, 0.15) is 0 Å². The maximum Gasteiger partial charge on any atom is 0.220 e. The molecule has 1 fully saturated rings. The molecule has 6 nitrogen and oxygen atoms in total. The van der Waals surface area contributed by atoms with Crippen LogP contribution in [-0.4, -0.2) is 55.5 Å². The first-order chi connectivity index (χ1) is 10.5. The van der Waals surface area contributed by atoms with E-state index >= 15 is 0 Å². The van der Waals surface area contributed by atoms with Crippen molar-refractivity contribution in [2.24, 2.45) is 16.6 Å². The monoisotopic (exact) mass is 311 g/mol. The Balaban J connectivity index is 2.15. The SMILES string of the molecule is CCNC(=NCCCCN1CCC(C(N)=O)CC1)NC(C)C. The molecule has 0 saturated carbocycles. The number of guanidine groups is 1. The van der Waals surface area contributed by atoms with Crippen LogP contribution in [0.5, 0.6) is 0 Å². The molecule has 0 unspecified atom stereocenters. The van der Waals surface area contributed by atoms with E-state index in [1.807, 2.05) is 0 Å². The van der Waals surface area contributed by atoms with Gasteiger partial charge in [0, 0.05) is 25.0 Å². The van der Waals surface area contributed by atoms with Gasteiger partial charge in [-0.1, -0.05) is 0 Å². The van der Waals surface area contributed by atoms with Crippen molar-refractivity contribution in [1.82, 2.24) is 15.5 Å². The lowest BCUT2D eigenvalue weighted by molar-refractivity contribution is -0.123. The second-order valence-electron chi connectivity index (χ2n) is 6.29. The number of hydrogen-bond acceptors (Lipinski definition) is 3. The highest BCUT2D eigenvalue weighted by Gasteiger charge is 2.22. The Labute approximate surface area is 134 Å². The average Bonchev–Trinajstić information content (AvgIpc) is 2.47. The van der Waals surface area contributed by atoms with Crippen LogP contribution in [-0.2, 0) is 4.79 Å². The van der Waals surface area contributed by atoms with E-state index in [9.17, 15) is 4.79 Å². The number of rotatable bonds is 8. The fourth-order valence-corrected chi connectivity index (χ4v) is 2.67. The number of carbonyl (C=O) groups excluding carboxylic acids is 1. The third kappa shape index (κ3) is 7.64. The zero-order valence-corrected chi connectivity index (χ0v) is 14.4. The Hall–Kier alpha value is -1.30. The highest BCUT2D eigenvalue weighted by Crippen LogP contribution is 2.16. The molecule has 0 radical (unpaired) electrons. The quantitative estimate of drug-likeness (QED) is 0.354. The first-order valence-corrected chi connectivity index (χ1v) is 8.59. The number of unbranched alkanes of at least 4 members (excludes halogenated alkanes) is 1. The van der Waals surface area contributed by atoms with Gasteiger partial charge in [0.2, 0.25) is 5.91 Å². The fourth-order valence-electron chi connectivity index (χ4n) is 2.67. The van der Waals surface area contributed by atoms with Gasteiger partial charge in [-0.2, -0.15) is 0 Å². The molecule has 1 aliphatic heterocycles. The summed E-state index contributed by atoms with van der Waals surface area (Å²) in [6.45, 7) is 11.1. The van der Waals surface area contributed by atoms with Gasteiger partial charge in [0.15, 0.2) is 5.96 Å². The average molecular weight is 311 g/mol. The predicted octanol–water partition coefficient (Wildman–Crippen LogP) is 0.927. The van der Waals surface area contributed by atoms with Gasteiger partial charge in [-0.05, 0) is 66.1 Å². The molecule has 1 amide bonds. The molecule has 4 N–H and O–H groups in total. The summed E-state index contributed by atoms with van der Waals surface area (Å²) >= 11 is 0. The minimum atomic E-state index is -0.136. The zero-order chi connectivity index (χ0) is 16.4. The van der Waals surface area contributed by atoms with Crippen molar-refractivity contribution in [3.05, 3.63) is 0 Å². The van der Waals surface area contributed by atoms with Crippen LogP contribution in [0.1, 0.15) is 46.5 Å². The second-order valence-corrected chi connectivity index (χ2v) is 6.29. The van der Waals surface area contributed by atoms with Gasteiger partial charge in [-0.3, -0.25) is 9.79 Å². The van der Waals surface area contributed by atoms with Crippen LogP contribution < -0.4 is 16.4 Å². The summed E-state index contributed by atoms with van der Waals surface area (Å²) in [5.41, 5.74) is 5.36. The van der Waals surface area contributed by atoms with E-state index in [0.29, 0.717) is 6.04 Å². The van der Waals surface area contributed by atoms with Gasteiger partial charge >= 0.3 is 0 Å². The van der Waals surface area contributed by atoms with Crippen LogP contribution in [0.3, 0.4) is 0 Å². The summed E-state index contributed by atoms with van der Waals surface area (Å²) in [5.74, 6) is 0.855. The third-order valence-corrected chi connectivity index (χ3v) is 3.91. The summed E-state index contributed by atoms with van der Waals surface area (Å²) in [7, 11) is 0. The van der Waals surface area contributed by atoms with Crippen LogP contribution in [0.25, 0.3) is 0 Å². The van der Waals surface area contributed by atoms with E-state index < -0.39 is 0 Å². The largest absolute Gasteiger partial charge is 0.369 e. The Morgan fingerprint density at radius 1 is 1.32 bits per heavy atom. The number of nitrogens with two attached hydrogens (primary N) is 1. The molecule has 1 rings (SSSR count). The number of nitrogens with zero attached hydrogens (tertiary/aromatic N) is 2. The highest BCUT2D eigenvalue weighted by atomic mass is 16.1. The van der Waals surface area contributed by atoms with Gasteiger partial charge in [0.25, 0.3) is 0 Å². The minimum Gasteiger partial charge on any atom is -0.369 e. The van der Waals surface area contributed by atoms with Crippen molar-refractivity contribution in [3.63, 3.8) is 0 Å². The molecule has 0 aromatic rings. The smallest absolute Gasteiger partial charge is 0.220 e. The van der Waals surface area contributed by atoms with Crippen molar-refractivity contribution in [3.8, 4) is 0 Å². The Morgan fingerprint density at radius 3 is 2.55 bits per heavy atom. The second kappa shape index (κ2) is 10.4. The summed E-state index contributed by atoms with van der Waals surface area (Å²) in [6.07, 6.45) is 4.06. The maximum atomic E-state index is 11.1. The lowest BCUT2D eigenvalue weighted by atomic mass is 9.96. The van der Waals surface area contributed by atoms with E-state index in [0.717, 1.165) is 64.4 Å². The molecule has 0 aromatic carbocycles. The maximum absolute atomic E-state index is 11.1. The van der Waals surface area contributed by atoms with Gasteiger partial charge in [-0.25, -0.2) is 0 Å². The number of hydrogen-bond donors (Lipinski definition) is 3. The van der Waals surface area contributed by atoms with Gasteiger partial charge in [-0.15, -0.1) is 0 Å². The van der Waals surface area contributed by atoms with Crippen molar-refractivity contribution in [2.75, 3.05) is 32.7 Å². The number of amides is 1. The van der Waals surface area contributed by atoms with Crippen molar-refractivity contribution >= 4 is 11.9 Å². The molecule has 1 saturated heterocycles. The summed E-state index contributed by atoms with van der Waals surface area (Å²) in [4.78, 5) is 18.1. The van der Waals surface area contributed by atoms with Crippen LogP contribution in [0.2, 0.25) is 0 Å². The van der Waals surface area contributed by atoms with Gasteiger partial charge < -0.3 is 21.3 Å². The molecule has 0 atom stereocenters. The van der Waals surface area contributed by atoms with Crippen molar-refractivity contribution < 1.29 is 4.79 Å². The fraction of sp³-hybridized carbons (Fsp3) is 0.875. The molecule has 128 valence electrons. The normalized spacial score (nSPS) is 17.7. The Bertz CT molecular complexity index is 348. The number of likely N-dealkylation sites (tertiary alicyclic amines) is 1. The third-order valence-electron chi connectivity index (χ3n) is 3.91. The molecule has 0 bridgehead atoms.